The van der Waals surface area contributed by atoms with Crippen LogP contribution in [0.3, 0.4) is 0 Å². The molecule has 364 valence electrons. The van der Waals surface area contributed by atoms with Gasteiger partial charge in [-0.25, -0.2) is 0 Å². The van der Waals surface area contributed by atoms with Crippen LogP contribution >= 0.6 is 0 Å². The van der Waals surface area contributed by atoms with Gasteiger partial charge in [-0.3, -0.25) is 9.59 Å². The molecule has 3 atom stereocenters. The molecule has 3 N–H and O–H groups in total. The lowest BCUT2D eigenvalue weighted by molar-refractivity contribution is -0.151. The number of hydrogen-bond acceptors (Lipinski definition) is 5. The summed E-state index contributed by atoms with van der Waals surface area (Å²) in [5.41, 5.74) is 0. The lowest BCUT2D eigenvalue weighted by Crippen LogP contribution is -2.46. The van der Waals surface area contributed by atoms with Crippen molar-refractivity contribution < 1.29 is 24.5 Å². The van der Waals surface area contributed by atoms with Crippen molar-refractivity contribution >= 4 is 11.9 Å². The number of esters is 1. The van der Waals surface area contributed by atoms with E-state index in [1.54, 1.807) is 0 Å². The molecule has 0 aliphatic rings. The first-order chi connectivity index (χ1) is 31.0. The number of nitrogens with one attached hydrogen (secondary N) is 1. The second kappa shape index (κ2) is 50.3. The van der Waals surface area contributed by atoms with Crippen LogP contribution in [0, 0.1) is 0 Å². The van der Waals surface area contributed by atoms with Gasteiger partial charge in [0.25, 0.3) is 0 Å². The molecule has 0 heterocycles. The molecule has 6 nitrogen and oxygen atoms in total. The van der Waals surface area contributed by atoms with Crippen molar-refractivity contribution in [2.24, 2.45) is 0 Å². The van der Waals surface area contributed by atoms with Crippen molar-refractivity contribution in [3.63, 3.8) is 0 Å². The third-order valence-corrected chi connectivity index (χ3v) is 11.8. The lowest BCUT2D eigenvalue weighted by Gasteiger charge is -2.24. The number of rotatable bonds is 47. The monoisotopic (exact) mass is 880 g/mol. The number of aliphatic hydroxyl groups excluding tert-OH is 2. The summed E-state index contributed by atoms with van der Waals surface area (Å²) < 4.78 is 5.92. The van der Waals surface area contributed by atoms with Crippen molar-refractivity contribution in [3.05, 3.63) is 72.9 Å². The second-order valence-corrected chi connectivity index (χ2v) is 17.9. The summed E-state index contributed by atoms with van der Waals surface area (Å²) in [4.78, 5) is 26.2. The summed E-state index contributed by atoms with van der Waals surface area (Å²) in [6.07, 6.45) is 63.9. The molecule has 0 aromatic rings. The van der Waals surface area contributed by atoms with E-state index < -0.39 is 18.2 Å². The quantitative estimate of drug-likeness (QED) is 0.0321. The summed E-state index contributed by atoms with van der Waals surface area (Å²) in [7, 11) is 0. The van der Waals surface area contributed by atoms with Gasteiger partial charge < -0.3 is 20.3 Å². The largest absolute Gasteiger partial charge is 0.462 e. The molecule has 0 aromatic heterocycles. The van der Waals surface area contributed by atoms with Gasteiger partial charge in [0.1, 0.15) is 6.10 Å². The average Bonchev–Trinajstić information content (AvgIpc) is 3.28. The molecular weight excluding hydrogens is 779 g/mol. The van der Waals surface area contributed by atoms with E-state index in [0.29, 0.717) is 19.3 Å². The van der Waals surface area contributed by atoms with Crippen LogP contribution in [0.5, 0.6) is 0 Å². The highest BCUT2D eigenvalue weighted by atomic mass is 16.5. The first kappa shape index (κ1) is 60.3. The van der Waals surface area contributed by atoms with Crippen LogP contribution in [-0.2, 0) is 14.3 Å². The highest BCUT2D eigenvalue weighted by Crippen LogP contribution is 2.17. The predicted octanol–water partition coefficient (Wildman–Crippen LogP) is 16.2. The number of carbonyl (C=O) groups is 2. The molecule has 6 heteroatoms. The van der Waals surface area contributed by atoms with E-state index in [-0.39, 0.29) is 24.9 Å². The van der Waals surface area contributed by atoms with E-state index in [4.69, 9.17) is 4.74 Å². The van der Waals surface area contributed by atoms with Crippen LogP contribution in [0.4, 0.5) is 0 Å². The minimum atomic E-state index is -0.799. The maximum atomic E-state index is 13.2. The molecule has 1 amide bonds. The predicted molar refractivity (Wildman–Crippen MR) is 273 cm³/mol. The molecule has 0 aromatic carbocycles. The SMILES string of the molecule is CC/C=C\C/C=C\C/C=C\C/C=C\C/C=C\CCCCCC(=O)OC(CCCCC/C=C/CCCCCCCCC)CC(=O)NC(CO)C(O)CCCCCCCCCCCCC. The Kier molecular flexibility index (Phi) is 48.1. The number of allylic oxidation sites excluding steroid dienone is 12. The van der Waals surface area contributed by atoms with Gasteiger partial charge in [0.15, 0.2) is 0 Å². The van der Waals surface area contributed by atoms with Crippen LogP contribution in [-0.4, -0.2) is 46.9 Å². The summed E-state index contributed by atoms with van der Waals surface area (Å²) in [6, 6.07) is -0.715. The van der Waals surface area contributed by atoms with E-state index >= 15 is 0 Å². The molecule has 0 rings (SSSR count). The van der Waals surface area contributed by atoms with Gasteiger partial charge in [0.2, 0.25) is 5.91 Å². The Bertz CT molecular complexity index is 1170. The second-order valence-electron chi connectivity index (χ2n) is 17.9. The number of carbonyl (C=O) groups excluding carboxylic acids is 2. The molecule has 0 spiro atoms. The van der Waals surface area contributed by atoms with Crippen LogP contribution < -0.4 is 5.32 Å². The number of hydrogen-bond donors (Lipinski definition) is 3. The third-order valence-electron chi connectivity index (χ3n) is 11.8. The number of unbranched alkanes of at least 4 members (excludes halogenated alkanes) is 23. The van der Waals surface area contributed by atoms with Crippen LogP contribution in [0.25, 0.3) is 0 Å². The van der Waals surface area contributed by atoms with Crippen LogP contribution in [0.15, 0.2) is 72.9 Å². The van der Waals surface area contributed by atoms with Crippen molar-refractivity contribution in [1.82, 2.24) is 5.32 Å². The maximum absolute atomic E-state index is 13.2. The van der Waals surface area contributed by atoms with Gasteiger partial charge in [0.05, 0.1) is 25.2 Å². The van der Waals surface area contributed by atoms with E-state index in [9.17, 15) is 19.8 Å². The zero-order chi connectivity index (χ0) is 45.9. The topological polar surface area (TPSA) is 95.9 Å². The Morgan fingerprint density at radius 1 is 0.476 bits per heavy atom. The molecule has 0 saturated carbocycles. The Balaban J connectivity index is 4.65. The highest BCUT2D eigenvalue weighted by molar-refractivity contribution is 5.77. The van der Waals surface area contributed by atoms with Crippen LogP contribution in [0.1, 0.15) is 252 Å². The fourth-order valence-corrected chi connectivity index (χ4v) is 7.75. The number of amides is 1. The van der Waals surface area contributed by atoms with Crippen molar-refractivity contribution in [3.8, 4) is 0 Å². The van der Waals surface area contributed by atoms with Gasteiger partial charge in [0, 0.05) is 6.42 Å². The summed E-state index contributed by atoms with van der Waals surface area (Å²) in [6.45, 7) is 6.35. The maximum Gasteiger partial charge on any atom is 0.306 e. The molecular formula is C57H101NO5. The fourth-order valence-electron chi connectivity index (χ4n) is 7.75. The Morgan fingerprint density at radius 3 is 1.33 bits per heavy atom. The van der Waals surface area contributed by atoms with Gasteiger partial charge in [-0.1, -0.05) is 216 Å². The van der Waals surface area contributed by atoms with Crippen LogP contribution in [0.2, 0.25) is 0 Å². The van der Waals surface area contributed by atoms with Crippen molar-refractivity contribution in [2.75, 3.05) is 6.61 Å². The summed E-state index contributed by atoms with van der Waals surface area (Å²) >= 11 is 0. The molecule has 0 aliphatic heterocycles. The average molecular weight is 880 g/mol. The Labute approximate surface area is 390 Å². The molecule has 0 saturated heterocycles. The molecule has 63 heavy (non-hydrogen) atoms. The lowest BCUT2D eigenvalue weighted by atomic mass is 10.0. The van der Waals surface area contributed by atoms with E-state index in [1.807, 2.05) is 0 Å². The summed E-state index contributed by atoms with van der Waals surface area (Å²) in [5.74, 6) is -0.526. The minimum absolute atomic E-state index is 0.0514. The smallest absolute Gasteiger partial charge is 0.306 e. The Morgan fingerprint density at radius 2 is 0.857 bits per heavy atom. The number of aliphatic hydroxyl groups is 2. The van der Waals surface area contributed by atoms with E-state index in [2.05, 4.69) is 99.0 Å². The fraction of sp³-hybridized carbons (Fsp3) is 0.754. The minimum Gasteiger partial charge on any atom is -0.462 e. The normalized spacial score (nSPS) is 13.8. The van der Waals surface area contributed by atoms with E-state index in [0.717, 1.165) is 109 Å². The first-order valence-corrected chi connectivity index (χ1v) is 26.7. The van der Waals surface area contributed by atoms with Crippen molar-refractivity contribution in [1.29, 1.82) is 0 Å². The van der Waals surface area contributed by atoms with Gasteiger partial charge in [-0.15, -0.1) is 0 Å². The number of ether oxygens (including phenoxy) is 1. The van der Waals surface area contributed by atoms with Gasteiger partial charge >= 0.3 is 5.97 Å². The third kappa shape index (κ3) is 45.7. The zero-order valence-corrected chi connectivity index (χ0v) is 41.4. The molecule has 3 unspecified atom stereocenters. The van der Waals surface area contributed by atoms with E-state index in [1.165, 1.54) is 96.3 Å². The zero-order valence-electron chi connectivity index (χ0n) is 41.4. The highest BCUT2D eigenvalue weighted by Gasteiger charge is 2.24. The van der Waals surface area contributed by atoms with Crippen molar-refractivity contribution in [2.45, 2.75) is 270 Å². The first-order valence-electron chi connectivity index (χ1n) is 26.7. The molecule has 0 fully saturated rings. The van der Waals surface area contributed by atoms with Gasteiger partial charge in [-0.05, 0) is 96.3 Å². The molecule has 0 aliphatic carbocycles. The van der Waals surface area contributed by atoms with Gasteiger partial charge in [-0.2, -0.15) is 0 Å². The molecule has 0 bridgehead atoms. The molecule has 0 radical (unpaired) electrons. The Hall–Kier alpha value is -2.70. The standard InChI is InChI=1S/C57H101NO5/c1-4-7-10-13-16-19-22-24-26-27-28-29-30-32-35-38-41-44-47-50-57(62)63-53(48-45-42-39-36-34-31-25-23-20-17-14-11-8-5-2)51-56(61)58-54(52-59)55(60)49-46-43-40-37-33-21-18-15-12-9-6-3/h7,10,16,19,24,26,28-29,31-32,34-35,53-55,59-60H,4-6,8-9,11-15,17-18,20-23,25,27,30,33,36-52H2,1-3H3,(H,58,61)/b10-7-,19-16-,26-24-,29-28-,34-31+,35-32-. The summed E-state index contributed by atoms with van der Waals surface area (Å²) in [5, 5.41) is 23.7.